The summed E-state index contributed by atoms with van der Waals surface area (Å²) in [5, 5.41) is 44.3. The number of aliphatic hydroxyl groups excluding tert-OH is 4. The molecule has 0 amide bonds. The van der Waals surface area contributed by atoms with Gasteiger partial charge in [0.1, 0.15) is 5.82 Å². The first-order chi connectivity index (χ1) is 16.5. The quantitative estimate of drug-likeness (QED) is 0.175. The van der Waals surface area contributed by atoms with Crippen molar-refractivity contribution < 1.29 is 20.4 Å². The van der Waals surface area contributed by atoms with Crippen molar-refractivity contribution in [2.45, 2.75) is 0 Å². The first kappa shape index (κ1) is 25.1. The maximum absolute atomic E-state index is 9.02. The van der Waals surface area contributed by atoms with Gasteiger partial charge >= 0.3 is 0 Å². The number of nitrogens with two attached hydrogens (primary N) is 2. The number of hydrogen-bond acceptors (Lipinski definition) is 10. The van der Waals surface area contributed by atoms with Crippen LogP contribution in [-0.4, -0.2) is 92.3 Å². The normalized spacial score (nSPS) is 10.9. The van der Waals surface area contributed by atoms with Crippen LogP contribution in [0.5, 0.6) is 0 Å². The van der Waals surface area contributed by atoms with Crippen molar-refractivity contribution in [3.8, 4) is 0 Å². The van der Waals surface area contributed by atoms with E-state index in [1.54, 1.807) is 21.4 Å². The molecular formula is C22H32N8O4. The third-order valence-corrected chi connectivity index (χ3v) is 5.26. The van der Waals surface area contributed by atoms with Crippen LogP contribution in [0.15, 0.2) is 48.9 Å². The van der Waals surface area contributed by atoms with Crippen molar-refractivity contribution in [2.24, 2.45) is 0 Å². The van der Waals surface area contributed by atoms with E-state index in [0.717, 1.165) is 22.5 Å². The molecule has 0 fully saturated rings. The highest BCUT2D eigenvalue weighted by molar-refractivity contribution is 5.73. The zero-order valence-corrected chi connectivity index (χ0v) is 18.9. The third kappa shape index (κ3) is 5.66. The monoisotopic (exact) mass is 472 g/mol. The standard InChI is InChI=1S/2C11H16N4O2/c12-10-8-13-15-2-1-9(7-11(10)15)14(3-5-16)4-6-17;12-9-8-13-15-10(9)2-1-3-11(15)14(4-6-16)5-7-17/h1-2,7-8,16-17H,3-6,12H2;1-3,8,16-17H,4-7,12H2. The molecule has 0 atom stereocenters. The molecule has 4 aromatic heterocycles. The Hall–Kier alpha value is -3.58. The number of fused-ring (bicyclic) bond motifs is 2. The first-order valence-electron chi connectivity index (χ1n) is 10.9. The van der Waals surface area contributed by atoms with Gasteiger partial charge in [0.25, 0.3) is 0 Å². The fourth-order valence-corrected chi connectivity index (χ4v) is 3.63. The predicted octanol–water partition coefficient (Wildman–Crippen LogP) is -0.585. The zero-order valence-electron chi connectivity index (χ0n) is 18.9. The molecular weight excluding hydrogens is 440 g/mol. The van der Waals surface area contributed by atoms with Crippen LogP contribution in [0.25, 0.3) is 11.0 Å². The van der Waals surface area contributed by atoms with Crippen LogP contribution in [0.3, 0.4) is 0 Å². The Balaban J connectivity index is 0.000000191. The van der Waals surface area contributed by atoms with Crippen molar-refractivity contribution >= 4 is 33.9 Å². The van der Waals surface area contributed by atoms with Gasteiger partial charge in [-0.05, 0) is 24.3 Å². The van der Waals surface area contributed by atoms with Crippen LogP contribution in [-0.2, 0) is 0 Å². The number of pyridine rings is 2. The molecule has 0 bridgehead atoms. The Kier molecular flexibility index (Phi) is 8.87. The number of hydrogen-bond donors (Lipinski definition) is 6. The fraction of sp³-hybridized carbons (Fsp3) is 0.364. The highest BCUT2D eigenvalue weighted by atomic mass is 16.3. The number of aromatic nitrogens is 4. The Bertz CT molecular complexity index is 1160. The third-order valence-electron chi connectivity index (χ3n) is 5.26. The average Bonchev–Trinajstić information content (AvgIpc) is 3.41. The molecule has 12 heteroatoms. The van der Waals surface area contributed by atoms with Crippen molar-refractivity contribution in [3.63, 3.8) is 0 Å². The summed E-state index contributed by atoms with van der Waals surface area (Å²) in [6.45, 7) is 1.97. The van der Waals surface area contributed by atoms with Gasteiger partial charge in [0.15, 0.2) is 0 Å². The molecule has 4 aromatic rings. The fourth-order valence-electron chi connectivity index (χ4n) is 3.63. The van der Waals surface area contributed by atoms with Gasteiger partial charge in [-0.25, -0.2) is 9.03 Å². The molecule has 0 aliphatic heterocycles. The summed E-state index contributed by atoms with van der Waals surface area (Å²) in [6, 6.07) is 9.41. The molecule has 0 saturated heterocycles. The van der Waals surface area contributed by atoms with Crippen LogP contribution < -0.4 is 21.3 Å². The topological polar surface area (TPSA) is 174 Å². The van der Waals surface area contributed by atoms with E-state index in [-0.39, 0.29) is 26.4 Å². The van der Waals surface area contributed by atoms with Crippen molar-refractivity contribution in [2.75, 3.05) is 73.9 Å². The van der Waals surface area contributed by atoms with Crippen LogP contribution >= 0.6 is 0 Å². The van der Waals surface area contributed by atoms with E-state index in [4.69, 9.17) is 31.9 Å². The van der Waals surface area contributed by atoms with E-state index in [1.807, 2.05) is 46.3 Å². The lowest BCUT2D eigenvalue weighted by molar-refractivity contribution is 0.280. The second-order valence-corrected chi connectivity index (χ2v) is 7.46. The number of nitrogens with zero attached hydrogens (tertiary/aromatic N) is 6. The molecule has 0 spiro atoms. The predicted molar refractivity (Wildman–Crippen MR) is 132 cm³/mol. The molecule has 0 aliphatic carbocycles. The van der Waals surface area contributed by atoms with Crippen molar-refractivity contribution in [3.05, 3.63) is 48.9 Å². The van der Waals surface area contributed by atoms with Gasteiger partial charge in [-0.3, -0.25) is 0 Å². The lowest BCUT2D eigenvalue weighted by Gasteiger charge is -2.23. The van der Waals surface area contributed by atoms with Gasteiger partial charge in [-0.2, -0.15) is 10.2 Å². The Labute approximate surface area is 196 Å². The minimum absolute atomic E-state index is 0.0210. The molecule has 0 unspecified atom stereocenters. The summed E-state index contributed by atoms with van der Waals surface area (Å²) in [5.74, 6) is 0.808. The molecule has 4 heterocycles. The van der Waals surface area contributed by atoms with E-state index < -0.39 is 0 Å². The highest BCUT2D eigenvalue weighted by Crippen LogP contribution is 2.21. The van der Waals surface area contributed by atoms with Gasteiger partial charge in [0, 0.05) is 38.1 Å². The summed E-state index contributed by atoms with van der Waals surface area (Å²) >= 11 is 0. The smallest absolute Gasteiger partial charge is 0.130 e. The second-order valence-electron chi connectivity index (χ2n) is 7.46. The van der Waals surface area contributed by atoms with E-state index in [9.17, 15) is 0 Å². The van der Waals surface area contributed by atoms with Gasteiger partial charge in [-0.1, -0.05) is 6.07 Å². The van der Waals surface area contributed by atoms with Gasteiger partial charge < -0.3 is 41.7 Å². The number of rotatable bonds is 10. The maximum atomic E-state index is 9.02. The van der Waals surface area contributed by atoms with E-state index in [1.165, 1.54) is 0 Å². The molecule has 34 heavy (non-hydrogen) atoms. The highest BCUT2D eigenvalue weighted by Gasteiger charge is 2.11. The van der Waals surface area contributed by atoms with E-state index >= 15 is 0 Å². The van der Waals surface area contributed by atoms with Gasteiger partial charge in [-0.15, -0.1) is 0 Å². The largest absolute Gasteiger partial charge is 0.396 e. The summed E-state index contributed by atoms with van der Waals surface area (Å²) in [7, 11) is 0. The Morgan fingerprint density at radius 3 is 1.97 bits per heavy atom. The van der Waals surface area contributed by atoms with Gasteiger partial charge in [0.05, 0.1) is 61.2 Å². The Morgan fingerprint density at radius 2 is 1.32 bits per heavy atom. The minimum Gasteiger partial charge on any atom is -0.396 e. The Morgan fingerprint density at radius 1 is 0.735 bits per heavy atom. The number of anilines is 4. The molecule has 8 N–H and O–H groups in total. The van der Waals surface area contributed by atoms with E-state index in [2.05, 4.69) is 10.2 Å². The number of nitrogen functional groups attached to an aromatic ring is 2. The summed E-state index contributed by atoms with van der Waals surface area (Å²) in [6.07, 6.45) is 5.00. The first-order valence-corrected chi connectivity index (χ1v) is 10.9. The lowest BCUT2D eigenvalue weighted by Crippen LogP contribution is -2.31. The second kappa shape index (κ2) is 12.0. The van der Waals surface area contributed by atoms with Crippen LogP contribution in [0.4, 0.5) is 22.9 Å². The van der Waals surface area contributed by atoms with E-state index in [0.29, 0.717) is 37.6 Å². The van der Waals surface area contributed by atoms with Gasteiger partial charge in [0.2, 0.25) is 0 Å². The van der Waals surface area contributed by atoms with Crippen LogP contribution in [0.1, 0.15) is 0 Å². The summed E-state index contributed by atoms with van der Waals surface area (Å²) < 4.78 is 3.40. The molecule has 0 aromatic carbocycles. The van der Waals surface area contributed by atoms with Crippen molar-refractivity contribution in [1.29, 1.82) is 0 Å². The SMILES string of the molecule is Nc1cnn2c(N(CCO)CCO)cccc12.Nc1cnn2ccc(N(CCO)CCO)cc12. The number of aliphatic hydroxyl groups is 4. The minimum atomic E-state index is 0.0210. The van der Waals surface area contributed by atoms with Crippen molar-refractivity contribution in [1.82, 2.24) is 19.2 Å². The maximum Gasteiger partial charge on any atom is 0.130 e. The molecule has 0 saturated carbocycles. The molecule has 4 rings (SSSR count). The summed E-state index contributed by atoms with van der Waals surface area (Å²) in [5.41, 5.74) is 15.4. The lowest BCUT2D eigenvalue weighted by atomic mass is 10.3. The zero-order chi connectivity index (χ0) is 24.5. The molecule has 0 radical (unpaired) electrons. The summed E-state index contributed by atoms with van der Waals surface area (Å²) in [4.78, 5) is 3.76. The molecule has 0 aliphatic rings. The molecule has 12 nitrogen and oxygen atoms in total. The molecule has 184 valence electrons. The average molecular weight is 473 g/mol. The van der Waals surface area contributed by atoms with Crippen LogP contribution in [0.2, 0.25) is 0 Å². The van der Waals surface area contributed by atoms with Crippen LogP contribution in [0, 0.1) is 0 Å².